The molecule has 25 heavy (non-hydrogen) atoms. The van der Waals surface area contributed by atoms with Gasteiger partial charge in [0.25, 0.3) is 0 Å². The second-order valence-corrected chi connectivity index (χ2v) is 7.31. The van der Waals surface area contributed by atoms with Gasteiger partial charge in [0.2, 0.25) is 11.8 Å². The van der Waals surface area contributed by atoms with Gasteiger partial charge in [-0.1, -0.05) is 18.2 Å². The molecule has 0 unspecified atom stereocenters. The van der Waals surface area contributed by atoms with Crippen molar-refractivity contribution in [1.29, 1.82) is 0 Å². The molecule has 0 bridgehead atoms. The third-order valence-corrected chi connectivity index (χ3v) is 5.29. The highest BCUT2D eigenvalue weighted by Crippen LogP contribution is 2.30. The lowest BCUT2D eigenvalue weighted by molar-refractivity contribution is -0.127. The zero-order chi connectivity index (χ0) is 17.8. The molecule has 1 fully saturated rings. The number of amides is 2. The van der Waals surface area contributed by atoms with Crippen LogP contribution in [0.1, 0.15) is 24.4 Å². The zero-order valence-electron chi connectivity index (χ0n) is 14.4. The molecule has 2 heterocycles. The summed E-state index contributed by atoms with van der Waals surface area (Å²) in [5.74, 6) is 2.02. The summed E-state index contributed by atoms with van der Waals surface area (Å²) in [6.45, 7) is 4.47. The predicted octanol–water partition coefficient (Wildman–Crippen LogP) is 2.81. The Balaban J connectivity index is 1.66. The summed E-state index contributed by atoms with van der Waals surface area (Å²) in [5, 5.41) is 2.96. The molecule has 2 amide bonds. The van der Waals surface area contributed by atoms with Gasteiger partial charge in [-0.25, -0.2) is 0 Å². The fraction of sp³-hybridized carbons (Fsp3) is 0.368. The van der Waals surface area contributed by atoms with E-state index in [9.17, 15) is 9.59 Å². The normalized spacial score (nSPS) is 19.8. The van der Waals surface area contributed by atoms with Gasteiger partial charge in [0.05, 0.1) is 17.7 Å². The van der Waals surface area contributed by atoms with Crippen molar-refractivity contribution in [3.8, 4) is 0 Å². The van der Waals surface area contributed by atoms with Gasteiger partial charge in [0.1, 0.15) is 11.5 Å². The third kappa shape index (κ3) is 4.45. The molecule has 6 heteroatoms. The minimum atomic E-state index is -0.117. The minimum absolute atomic E-state index is 0.0109. The van der Waals surface area contributed by atoms with Crippen LogP contribution >= 0.6 is 11.8 Å². The number of nitrogens with one attached hydrogen (secondary N) is 1. The van der Waals surface area contributed by atoms with E-state index in [0.29, 0.717) is 18.8 Å². The van der Waals surface area contributed by atoms with Crippen LogP contribution in [0.3, 0.4) is 0 Å². The lowest BCUT2D eigenvalue weighted by Gasteiger charge is -2.17. The maximum Gasteiger partial charge on any atom is 0.233 e. The van der Waals surface area contributed by atoms with Crippen molar-refractivity contribution in [2.75, 3.05) is 18.8 Å². The SMILES string of the molecule is CC(=O)N[C@@H]1CN(C(=O)CSc2ccccc2)C[C@H]1c1ccc(C)o1. The number of nitrogens with zero attached hydrogens (tertiary/aromatic N) is 1. The predicted molar refractivity (Wildman–Crippen MR) is 97.5 cm³/mol. The summed E-state index contributed by atoms with van der Waals surface area (Å²) >= 11 is 1.53. The van der Waals surface area contributed by atoms with E-state index >= 15 is 0 Å². The quantitative estimate of drug-likeness (QED) is 0.835. The zero-order valence-corrected chi connectivity index (χ0v) is 15.2. The summed E-state index contributed by atoms with van der Waals surface area (Å²) in [5.41, 5.74) is 0. The van der Waals surface area contributed by atoms with Gasteiger partial charge in [0.15, 0.2) is 0 Å². The average molecular weight is 358 g/mol. The lowest BCUT2D eigenvalue weighted by atomic mass is 10.0. The molecule has 5 nitrogen and oxygen atoms in total. The van der Waals surface area contributed by atoms with E-state index in [1.165, 1.54) is 18.7 Å². The van der Waals surface area contributed by atoms with Gasteiger partial charge in [-0.15, -0.1) is 11.8 Å². The Morgan fingerprint density at radius 3 is 2.60 bits per heavy atom. The molecule has 0 spiro atoms. The first kappa shape index (κ1) is 17.6. The first-order valence-electron chi connectivity index (χ1n) is 8.32. The smallest absolute Gasteiger partial charge is 0.233 e. The van der Waals surface area contributed by atoms with E-state index in [1.54, 1.807) is 0 Å². The molecule has 1 saturated heterocycles. The highest BCUT2D eigenvalue weighted by Gasteiger charge is 2.38. The summed E-state index contributed by atoms with van der Waals surface area (Å²) in [4.78, 5) is 27.0. The van der Waals surface area contributed by atoms with Crippen molar-refractivity contribution in [2.45, 2.75) is 30.7 Å². The molecule has 1 aliphatic rings. The summed E-state index contributed by atoms with van der Waals surface area (Å²) < 4.78 is 5.74. The number of carbonyl (C=O) groups excluding carboxylic acids is 2. The van der Waals surface area contributed by atoms with E-state index in [2.05, 4.69) is 5.32 Å². The van der Waals surface area contributed by atoms with E-state index in [0.717, 1.165) is 16.4 Å². The molecule has 2 atom stereocenters. The van der Waals surface area contributed by atoms with Crippen LogP contribution in [-0.2, 0) is 9.59 Å². The number of carbonyl (C=O) groups is 2. The Bertz CT molecular complexity index is 744. The Hall–Kier alpha value is -2.21. The van der Waals surface area contributed by atoms with Gasteiger partial charge >= 0.3 is 0 Å². The Morgan fingerprint density at radius 1 is 1.20 bits per heavy atom. The summed E-state index contributed by atoms with van der Waals surface area (Å²) in [6.07, 6.45) is 0. The molecule has 3 rings (SSSR count). The first-order chi connectivity index (χ1) is 12.0. The number of furan rings is 1. The van der Waals surface area contributed by atoms with E-state index in [4.69, 9.17) is 4.42 Å². The van der Waals surface area contributed by atoms with Crippen LogP contribution in [0.5, 0.6) is 0 Å². The van der Waals surface area contributed by atoms with Crippen molar-refractivity contribution in [2.24, 2.45) is 0 Å². The molecule has 1 N–H and O–H groups in total. The molecule has 0 radical (unpaired) electrons. The Morgan fingerprint density at radius 2 is 1.96 bits per heavy atom. The van der Waals surface area contributed by atoms with Crippen LogP contribution < -0.4 is 5.32 Å². The van der Waals surface area contributed by atoms with Gasteiger partial charge in [-0.2, -0.15) is 0 Å². The number of aryl methyl sites for hydroxylation is 1. The molecule has 1 aromatic heterocycles. The van der Waals surface area contributed by atoms with Crippen LogP contribution in [0, 0.1) is 6.92 Å². The second-order valence-electron chi connectivity index (χ2n) is 6.26. The first-order valence-corrected chi connectivity index (χ1v) is 9.30. The standard InChI is InChI=1S/C19H22N2O3S/c1-13-8-9-18(24-13)16-10-21(11-17(16)20-14(2)22)19(23)12-25-15-6-4-3-5-7-15/h3-9,16-17H,10-12H2,1-2H3,(H,20,22)/t16-,17-/m1/s1. The highest BCUT2D eigenvalue weighted by molar-refractivity contribution is 8.00. The fourth-order valence-electron chi connectivity index (χ4n) is 3.11. The van der Waals surface area contributed by atoms with Crippen molar-refractivity contribution >= 4 is 23.6 Å². The minimum Gasteiger partial charge on any atom is -0.466 e. The highest BCUT2D eigenvalue weighted by atomic mass is 32.2. The molecular formula is C19H22N2O3S. The molecule has 0 aliphatic carbocycles. The van der Waals surface area contributed by atoms with Crippen molar-refractivity contribution in [1.82, 2.24) is 10.2 Å². The van der Waals surface area contributed by atoms with Crippen LogP contribution in [-0.4, -0.2) is 41.6 Å². The van der Waals surface area contributed by atoms with Crippen molar-refractivity contribution < 1.29 is 14.0 Å². The van der Waals surface area contributed by atoms with Gasteiger partial charge in [-0.05, 0) is 31.2 Å². The number of rotatable bonds is 5. The number of benzene rings is 1. The second kappa shape index (κ2) is 7.78. The molecule has 2 aromatic rings. The van der Waals surface area contributed by atoms with E-state index in [-0.39, 0.29) is 23.8 Å². The van der Waals surface area contributed by atoms with E-state index in [1.807, 2.05) is 54.3 Å². The molecular weight excluding hydrogens is 336 g/mol. The number of hydrogen-bond donors (Lipinski definition) is 1. The van der Waals surface area contributed by atoms with Crippen molar-refractivity contribution in [3.05, 3.63) is 54.0 Å². The van der Waals surface area contributed by atoms with Crippen LogP contribution in [0.2, 0.25) is 0 Å². The molecule has 0 saturated carbocycles. The van der Waals surface area contributed by atoms with Crippen LogP contribution in [0.15, 0.2) is 51.8 Å². The van der Waals surface area contributed by atoms with E-state index < -0.39 is 0 Å². The maximum absolute atomic E-state index is 12.6. The largest absolute Gasteiger partial charge is 0.466 e. The fourth-order valence-corrected chi connectivity index (χ4v) is 3.93. The maximum atomic E-state index is 12.6. The monoisotopic (exact) mass is 358 g/mol. The molecule has 1 aliphatic heterocycles. The molecule has 132 valence electrons. The molecule has 1 aromatic carbocycles. The Labute approximate surface area is 151 Å². The lowest BCUT2D eigenvalue weighted by Crippen LogP contribution is -2.39. The van der Waals surface area contributed by atoms with Gasteiger partial charge in [-0.3, -0.25) is 9.59 Å². The van der Waals surface area contributed by atoms with Crippen LogP contribution in [0.25, 0.3) is 0 Å². The number of hydrogen-bond acceptors (Lipinski definition) is 4. The Kier molecular flexibility index (Phi) is 5.48. The van der Waals surface area contributed by atoms with Crippen LogP contribution in [0.4, 0.5) is 0 Å². The average Bonchev–Trinajstić information content (AvgIpc) is 3.19. The van der Waals surface area contributed by atoms with Gasteiger partial charge in [0, 0.05) is 24.9 Å². The van der Waals surface area contributed by atoms with Gasteiger partial charge < -0.3 is 14.6 Å². The summed E-state index contributed by atoms with van der Waals surface area (Å²) in [6, 6.07) is 13.6. The third-order valence-electron chi connectivity index (χ3n) is 4.29. The summed E-state index contributed by atoms with van der Waals surface area (Å²) in [7, 11) is 0. The van der Waals surface area contributed by atoms with Crippen molar-refractivity contribution in [3.63, 3.8) is 0 Å². The topological polar surface area (TPSA) is 62.6 Å². The number of thioether (sulfide) groups is 1. The number of likely N-dealkylation sites (tertiary alicyclic amines) is 1.